The van der Waals surface area contributed by atoms with E-state index in [9.17, 15) is 0 Å². The maximum atomic E-state index is 4.52. The molecule has 0 bridgehead atoms. The monoisotopic (exact) mass is 347 g/mol. The SMILES string of the molecule is Cc1csc(CN(C)c2ccnc3cc(Br)ccc23)n1. The van der Waals surface area contributed by atoms with Gasteiger partial charge in [-0.1, -0.05) is 15.9 Å². The number of aromatic nitrogens is 2. The normalized spacial score (nSPS) is 10.9. The summed E-state index contributed by atoms with van der Waals surface area (Å²) < 4.78 is 1.05. The highest BCUT2D eigenvalue weighted by Crippen LogP contribution is 2.28. The molecular weight excluding hydrogens is 334 g/mol. The molecule has 0 radical (unpaired) electrons. The Morgan fingerprint density at radius 1 is 1.30 bits per heavy atom. The highest BCUT2D eigenvalue weighted by Gasteiger charge is 2.09. The van der Waals surface area contributed by atoms with Crippen molar-refractivity contribution in [2.45, 2.75) is 13.5 Å². The van der Waals surface area contributed by atoms with Gasteiger partial charge >= 0.3 is 0 Å². The highest BCUT2D eigenvalue weighted by molar-refractivity contribution is 9.10. The Kier molecular flexibility index (Phi) is 3.72. The van der Waals surface area contributed by atoms with Crippen molar-refractivity contribution in [3.63, 3.8) is 0 Å². The van der Waals surface area contributed by atoms with Crippen LogP contribution in [0.4, 0.5) is 5.69 Å². The van der Waals surface area contributed by atoms with Crippen LogP contribution in [0.15, 0.2) is 40.3 Å². The number of rotatable bonds is 3. The van der Waals surface area contributed by atoms with Crippen LogP contribution in [-0.2, 0) is 6.54 Å². The summed E-state index contributed by atoms with van der Waals surface area (Å²) in [6.07, 6.45) is 1.85. The minimum Gasteiger partial charge on any atom is -0.367 e. The number of thiazole rings is 1. The van der Waals surface area contributed by atoms with Crippen molar-refractivity contribution in [3.8, 4) is 0 Å². The first-order valence-corrected chi connectivity index (χ1v) is 7.97. The summed E-state index contributed by atoms with van der Waals surface area (Å²) in [6.45, 7) is 2.84. The van der Waals surface area contributed by atoms with E-state index in [1.165, 1.54) is 5.69 Å². The summed E-state index contributed by atoms with van der Waals surface area (Å²) in [5, 5.41) is 4.38. The van der Waals surface area contributed by atoms with Gasteiger partial charge in [0.1, 0.15) is 5.01 Å². The number of aryl methyl sites for hydroxylation is 1. The van der Waals surface area contributed by atoms with Crippen molar-refractivity contribution >= 4 is 43.9 Å². The first-order valence-electron chi connectivity index (χ1n) is 6.30. The van der Waals surface area contributed by atoms with Gasteiger partial charge in [-0.05, 0) is 31.2 Å². The number of benzene rings is 1. The molecule has 102 valence electrons. The van der Waals surface area contributed by atoms with Gasteiger partial charge in [0, 0.05) is 39.9 Å². The van der Waals surface area contributed by atoms with E-state index in [2.05, 4.69) is 61.4 Å². The molecule has 3 aromatic rings. The smallest absolute Gasteiger partial charge is 0.112 e. The fourth-order valence-electron chi connectivity index (χ4n) is 2.20. The lowest BCUT2D eigenvalue weighted by atomic mass is 10.2. The maximum Gasteiger partial charge on any atom is 0.112 e. The fourth-order valence-corrected chi connectivity index (χ4v) is 3.38. The molecule has 0 atom stereocenters. The number of fused-ring (bicyclic) bond motifs is 1. The summed E-state index contributed by atoms with van der Waals surface area (Å²) in [7, 11) is 2.09. The minimum atomic E-state index is 0.813. The van der Waals surface area contributed by atoms with E-state index >= 15 is 0 Å². The average molecular weight is 348 g/mol. The van der Waals surface area contributed by atoms with Crippen LogP contribution in [0.25, 0.3) is 10.9 Å². The van der Waals surface area contributed by atoms with Crippen LogP contribution in [0.2, 0.25) is 0 Å². The third-order valence-electron chi connectivity index (χ3n) is 3.13. The standard InChI is InChI=1S/C15H14BrN3S/c1-10-9-20-15(18-10)8-19(2)14-5-6-17-13-7-11(16)3-4-12(13)14/h3-7,9H,8H2,1-2H3. The second-order valence-electron chi connectivity index (χ2n) is 4.73. The van der Waals surface area contributed by atoms with E-state index in [0.29, 0.717) is 0 Å². The van der Waals surface area contributed by atoms with E-state index < -0.39 is 0 Å². The molecule has 2 aromatic heterocycles. The molecule has 0 unspecified atom stereocenters. The van der Waals surface area contributed by atoms with Crippen LogP contribution in [-0.4, -0.2) is 17.0 Å². The quantitative estimate of drug-likeness (QED) is 0.703. The number of hydrogen-bond donors (Lipinski definition) is 0. The molecule has 3 nitrogen and oxygen atoms in total. The Labute approximate surface area is 130 Å². The molecule has 0 N–H and O–H groups in total. The second-order valence-corrected chi connectivity index (χ2v) is 6.59. The van der Waals surface area contributed by atoms with Crippen molar-refractivity contribution in [1.82, 2.24) is 9.97 Å². The Morgan fingerprint density at radius 2 is 2.15 bits per heavy atom. The minimum absolute atomic E-state index is 0.813. The van der Waals surface area contributed by atoms with Gasteiger partial charge in [0.15, 0.2) is 0 Å². The van der Waals surface area contributed by atoms with Crippen molar-refractivity contribution in [2.24, 2.45) is 0 Å². The maximum absolute atomic E-state index is 4.52. The van der Waals surface area contributed by atoms with Crippen LogP contribution in [0.5, 0.6) is 0 Å². The van der Waals surface area contributed by atoms with Crippen molar-refractivity contribution in [2.75, 3.05) is 11.9 Å². The highest BCUT2D eigenvalue weighted by atomic mass is 79.9. The van der Waals surface area contributed by atoms with Crippen molar-refractivity contribution in [3.05, 3.63) is 51.0 Å². The van der Waals surface area contributed by atoms with Gasteiger partial charge in [0.05, 0.1) is 12.1 Å². The molecule has 0 saturated carbocycles. The number of anilines is 1. The Bertz CT molecular complexity index is 754. The van der Waals surface area contributed by atoms with Crippen molar-refractivity contribution < 1.29 is 0 Å². The molecule has 20 heavy (non-hydrogen) atoms. The van der Waals surface area contributed by atoms with E-state index in [0.717, 1.165) is 32.6 Å². The number of pyridine rings is 1. The number of hydrogen-bond acceptors (Lipinski definition) is 4. The van der Waals surface area contributed by atoms with Gasteiger partial charge < -0.3 is 4.90 Å². The molecule has 0 fully saturated rings. The van der Waals surface area contributed by atoms with Crippen LogP contribution < -0.4 is 4.90 Å². The van der Waals surface area contributed by atoms with Gasteiger partial charge in [0.2, 0.25) is 0 Å². The molecule has 0 aliphatic heterocycles. The van der Waals surface area contributed by atoms with Crippen molar-refractivity contribution in [1.29, 1.82) is 0 Å². The van der Waals surface area contributed by atoms with Gasteiger partial charge in [-0.15, -0.1) is 11.3 Å². The summed E-state index contributed by atoms with van der Waals surface area (Å²) in [5.41, 5.74) is 3.26. The third kappa shape index (κ3) is 2.69. The van der Waals surface area contributed by atoms with Crippen LogP contribution in [0.1, 0.15) is 10.7 Å². The molecule has 0 aliphatic carbocycles. The largest absolute Gasteiger partial charge is 0.367 e. The summed E-state index contributed by atoms with van der Waals surface area (Å²) in [5.74, 6) is 0. The van der Waals surface area contributed by atoms with Crippen LogP contribution in [0, 0.1) is 6.92 Å². The zero-order valence-electron chi connectivity index (χ0n) is 11.3. The molecule has 0 spiro atoms. The Balaban J connectivity index is 1.96. The van der Waals surface area contributed by atoms with E-state index in [-0.39, 0.29) is 0 Å². The van der Waals surface area contributed by atoms with E-state index in [1.54, 1.807) is 11.3 Å². The molecule has 3 rings (SSSR count). The predicted molar refractivity (Wildman–Crippen MR) is 88.4 cm³/mol. The predicted octanol–water partition coefficient (Wildman–Crippen LogP) is 4.40. The lowest BCUT2D eigenvalue weighted by Crippen LogP contribution is -2.16. The molecule has 1 aromatic carbocycles. The Hall–Kier alpha value is -1.46. The van der Waals surface area contributed by atoms with E-state index in [1.807, 2.05) is 19.2 Å². The average Bonchev–Trinajstić information content (AvgIpc) is 2.83. The summed E-state index contributed by atoms with van der Waals surface area (Å²) in [4.78, 5) is 11.2. The van der Waals surface area contributed by atoms with Gasteiger partial charge in [-0.3, -0.25) is 4.98 Å². The molecule has 2 heterocycles. The molecular formula is C15H14BrN3S. The van der Waals surface area contributed by atoms with Crippen LogP contribution >= 0.6 is 27.3 Å². The summed E-state index contributed by atoms with van der Waals surface area (Å²) >= 11 is 5.19. The second kappa shape index (κ2) is 5.50. The zero-order valence-corrected chi connectivity index (χ0v) is 13.7. The lowest BCUT2D eigenvalue weighted by molar-refractivity contribution is 0.908. The fraction of sp³-hybridized carbons (Fsp3) is 0.200. The van der Waals surface area contributed by atoms with Gasteiger partial charge in [-0.25, -0.2) is 4.98 Å². The van der Waals surface area contributed by atoms with Gasteiger partial charge in [-0.2, -0.15) is 0 Å². The topological polar surface area (TPSA) is 29.0 Å². The van der Waals surface area contributed by atoms with Crippen LogP contribution in [0.3, 0.4) is 0 Å². The first kappa shape index (κ1) is 13.5. The summed E-state index contributed by atoms with van der Waals surface area (Å²) in [6, 6.07) is 8.25. The lowest BCUT2D eigenvalue weighted by Gasteiger charge is -2.19. The molecule has 0 saturated heterocycles. The number of halogens is 1. The molecule has 0 aliphatic rings. The Morgan fingerprint density at radius 3 is 2.90 bits per heavy atom. The number of nitrogens with zero attached hydrogens (tertiary/aromatic N) is 3. The molecule has 0 amide bonds. The van der Waals surface area contributed by atoms with Gasteiger partial charge in [0.25, 0.3) is 0 Å². The first-order chi connectivity index (χ1) is 9.63. The zero-order chi connectivity index (χ0) is 14.1. The van der Waals surface area contributed by atoms with E-state index in [4.69, 9.17) is 0 Å². The molecule has 5 heteroatoms. The third-order valence-corrected chi connectivity index (χ3v) is 4.58.